The van der Waals surface area contributed by atoms with Crippen LogP contribution < -0.4 is 14.4 Å². The lowest BCUT2D eigenvalue weighted by Gasteiger charge is -2.39. The second-order valence-electron chi connectivity index (χ2n) is 7.36. The topological polar surface area (TPSA) is 88.0 Å². The molecule has 160 valence electrons. The zero-order valence-electron chi connectivity index (χ0n) is 16.5. The molecule has 1 aromatic heterocycles. The van der Waals surface area contributed by atoms with Gasteiger partial charge in [0, 0.05) is 30.8 Å². The SMILES string of the molecule is COc1cccc(Cl)c1-c1cc2ncnc3c2c(c1Cl)OC[C@@H]1CN(C(=O)O)CCN31. The van der Waals surface area contributed by atoms with E-state index in [-0.39, 0.29) is 12.6 Å². The molecule has 2 aliphatic heterocycles. The van der Waals surface area contributed by atoms with E-state index in [4.69, 9.17) is 32.7 Å². The van der Waals surface area contributed by atoms with E-state index in [9.17, 15) is 9.90 Å². The van der Waals surface area contributed by atoms with E-state index in [0.29, 0.717) is 69.0 Å². The van der Waals surface area contributed by atoms with Gasteiger partial charge in [-0.15, -0.1) is 0 Å². The van der Waals surface area contributed by atoms with Crippen LogP contribution in [0, 0.1) is 0 Å². The molecular formula is C21H18Cl2N4O4. The molecule has 1 fully saturated rings. The average molecular weight is 461 g/mol. The number of piperazine rings is 1. The molecule has 5 rings (SSSR count). The van der Waals surface area contributed by atoms with Crippen LogP contribution in [0.2, 0.25) is 10.0 Å². The molecule has 0 aliphatic carbocycles. The molecule has 2 aliphatic rings. The van der Waals surface area contributed by atoms with E-state index >= 15 is 0 Å². The first-order valence-electron chi connectivity index (χ1n) is 9.67. The number of ether oxygens (including phenoxy) is 2. The standard InChI is InChI=1S/C21H18Cl2N4O4/c1-30-15-4-2-3-13(22)16(15)12-7-14-17-19(18(12)23)31-9-11-8-26(21(28)29)5-6-27(11)20(17)25-10-24-14/h2-4,7,10-11H,5-6,8-9H2,1H3,(H,28,29)/t11-/m0/s1. The van der Waals surface area contributed by atoms with E-state index in [1.165, 1.54) is 11.2 Å². The Morgan fingerprint density at radius 2 is 2.13 bits per heavy atom. The Morgan fingerprint density at radius 1 is 1.29 bits per heavy atom. The lowest BCUT2D eigenvalue weighted by Crippen LogP contribution is -2.56. The summed E-state index contributed by atoms with van der Waals surface area (Å²) in [7, 11) is 1.57. The third-order valence-corrected chi connectivity index (χ3v) is 6.40. The summed E-state index contributed by atoms with van der Waals surface area (Å²) in [6.45, 7) is 1.47. The lowest BCUT2D eigenvalue weighted by atomic mass is 10.0. The van der Waals surface area contributed by atoms with Gasteiger partial charge in [0.25, 0.3) is 0 Å². The van der Waals surface area contributed by atoms with E-state index in [1.807, 2.05) is 12.1 Å². The van der Waals surface area contributed by atoms with Crippen LogP contribution in [0.3, 0.4) is 0 Å². The number of rotatable bonds is 2. The predicted molar refractivity (Wildman–Crippen MR) is 118 cm³/mol. The van der Waals surface area contributed by atoms with Crippen molar-refractivity contribution in [3.05, 3.63) is 40.6 Å². The summed E-state index contributed by atoms with van der Waals surface area (Å²) in [5.74, 6) is 1.73. The molecule has 0 saturated carbocycles. The molecule has 3 heterocycles. The fraction of sp³-hybridized carbons (Fsp3) is 0.286. The number of hydrogen-bond donors (Lipinski definition) is 1. The molecule has 1 saturated heterocycles. The zero-order chi connectivity index (χ0) is 21.7. The number of aromatic nitrogens is 2. The number of anilines is 1. The summed E-state index contributed by atoms with van der Waals surface area (Å²) in [5, 5.41) is 11.0. The van der Waals surface area contributed by atoms with E-state index in [1.54, 1.807) is 19.2 Å². The molecule has 31 heavy (non-hydrogen) atoms. The third-order valence-electron chi connectivity index (χ3n) is 5.71. The highest BCUT2D eigenvalue weighted by molar-refractivity contribution is 6.39. The molecule has 3 aromatic rings. The summed E-state index contributed by atoms with van der Waals surface area (Å²) in [6.07, 6.45) is 0.551. The summed E-state index contributed by atoms with van der Waals surface area (Å²) >= 11 is 13.4. The van der Waals surface area contributed by atoms with Crippen molar-refractivity contribution in [2.24, 2.45) is 0 Å². The minimum Gasteiger partial charge on any atom is -0.496 e. The van der Waals surface area contributed by atoms with Crippen molar-refractivity contribution in [2.75, 3.05) is 38.3 Å². The maximum Gasteiger partial charge on any atom is 0.407 e. The highest BCUT2D eigenvalue weighted by atomic mass is 35.5. The monoisotopic (exact) mass is 460 g/mol. The van der Waals surface area contributed by atoms with E-state index in [2.05, 4.69) is 14.9 Å². The van der Waals surface area contributed by atoms with Gasteiger partial charge in [-0.05, 0) is 18.2 Å². The minimum atomic E-state index is -0.944. The molecule has 10 heteroatoms. The van der Waals surface area contributed by atoms with Crippen molar-refractivity contribution in [2.45, 2.75) is 6.04 Å². The largest absolute Gasteiger partial charge is 0.496 e. The second kappa shape index (κ2) is 7.62. The molecule has 0 unspecified atom stereocenters. The van der Waals surface area contributed by atoms with Crippen LogP contribution in [0.4, 0.5) is 10.6 Å². The van der Waals surface area contributed by atoms with Crippen molar-refractivity contribution in [1.82, 2.24) is 14.9 Å². The Bertz CT molecular complexity index is 1210. The Hall–Kier alpha value is -2.97. The number of amides is 1. The van der Waals surface area contributed by atoms with Crippen LogP contribution in [0.25, 0.3) is 22.0 Å². The van der Waals surface area contributed by atoms with Crippen molar-refractivity contribution < 1.29 is 19.4 Å². The van der Waals surface area contributed by atoms with Crippen LogP contribution in [0.1, 0.15) is 0 Å². The molecular weight excluding hydrogens is 443 g/mol. The highest BCUT2D eigenvalue weighted by Crippen LogP contribution is 2.49. The van der Waals surface area contributed by atoms with Crippen molar-refractivity contribution in [3.8, 4) is 22.6 Å². The van der Waals surface area contributed by atoms with Crippen LogP contribution in [0.15, 0.2) is 30.6 Å². The molecule has 2 aromatic carbocycles. The number of nitrogens with zero attached hydrogens (tertiary/aromatic N) is 4. The Labute approximate surface area is 187 Å². The van der Waals surface area contributed by atoms with E-state index < -0.39 is 6.09 Å². The lowest BCUT2D eigenvalue weighted by molar-refractivity contribution is 0.127. The normalized spacial score (nSPS) is 17.7. The molecule has 0 spiro atoms. The number of methoxy groups -OCH3 is 1. The third kappa shape index (κ3) is 3.18. The predicted octanol–water partition coefficient (Wildman–Crippen LogP) is 4.17. The first-order valence-corrected chi connectivity index (χ1v) is 10.4. The number of benzene rings is 2. The molecule has 8 nitrogen and oxygen atoms in total. The Kier molecular flexibility index (Phi) is 4.91. The first-order chi connectivity index (χ1) is 15.0. The van der Waals surface area contributed by atoms with Crippen LogP contribution >= 0.6 is 23.2 Å². The molecule has 0 radical (unpaired) electrons. The van der Waals surface area contributed by atoms with Gasteiger partial charge in [0.1, 0.15) is 24.5 Å². The van der Waals surface area contributed by atoms with E-state index in [0.717, 1.165) is 0 Å². The van der Waals surface area contributed by atoms with Crippen LogP contribution in [0.5, 0.6) is 11.5 Å². The van der Waals surface area contributed by atoms with Crippen molar-refractivity contribution in [1.29, 1.82) is 0 Å². The summed E-state index contributed by atoms with van der Waals surface area (Å²) in [5.41, 5.74) is 1.95. The van der Waals surface area contributed by atoms with Crippen molar-refractivity contribution in [3.63, 3.8) is 0 Å². The van der Waals surface area contributed by atoms with Gasteiger partial charge in [0.15, 0.2) is 5.75 Å². The van der Waals surface area contributed by atoms with Gasteiger partial charge in [-0.3, -0.25) is 0 Å². The maximum atomic E-state index is 11.5. The summed E-state index contributed by atoms with van der Waals surface area (Å²) in [4.78, 5) is 23.9. The van der Waals surface area contributed by atoms with Gasteiger partial charge in [-0.1, -0.05) is 29.3 Å². The number of halogens is 2. The first kappa shape index (κ1) is 20.0. The highest BCUT2D eigenvalue weighted by Gasteiger charge is 2.36. The fourth-order valence-corrected chi connectivity index (χ4v) is 4.82. The smallest absolute Gasteiger partial charge is 0.407 e. The number of fused-ring (bicyclic) bond motifs is 2. The average Bonchev–Trinajstić information content (AvgIpc) is 2.94. The quantitative estimate of drug-likeness (QED) is 0.613. The van der Waals surface area contributed by atoms with Gasteiger partial charge in [-0.2, -0.15) is 0 Å². The molecule has 0 bridgehead atoms. The van der Waals surface area contributed by atoms with Crippen LogP contribution in [-0.2, 0) is 0 Å². The van der Waals surface area contributed by atoms with Gasteiger partial charge in [-0.25, -0.2) is 14.8 Å². The minimum absolute atomic E-state index is 0.190. The number of hydrogen-bond acceptors (Lipinski definition) is 6. The molecule has 1 amide bonds. The molecule has 1 N–H and O–H groups in total. The summed E-state index contributed by atoms with van der Waals surface area (Å²) in [6, 6.07) is 7.05. The fourth-order valence-electron chi connectivity index (χ4n) is 4.25. The molecule has 1 atom stereocenters. The zero-order valence-corrected chi connectivity index (χ0v) is 18.0. The van der Waals surface area contributed by atoms with Gasteiger partial charge < -0.3 is 24.4 Å². The number of carbonyl (C=O) groups is 1. The van der Waals surface area contributed by atoms with Gasteiger partial charge >= 0.3 is 6.09 Å². The van der Waals surface area contributed by atoms with Gasteiger partial charge in [0.05, 0.1) is 34.1 Å². The van der Waals surface area contributed by atoms with Crippen molar-refractivity contribution >= 4 is 46.0 Å². The van der Waals surface area contributed by atoms with Crippen LogP contribution in [-0.4, -0.2) is 65.5 Å². The maximum absolute atomic E-state index is 11.5. The second-order valence-corrected chi connectivity index (χ2v) is 8.15. The summed E-state index contributed by atoms with van der Waals surface area (Å²) < 4.78 is 11.7. The Balaban J connectivity index is 1.70. The number of carboxylic acid groups (broad SMARTS) is 1. The van der Waals surface area contributed by atoms with Gasteiger partial charge in [0.2, 0.25) is 0 Å². The Morgan fingerprint density at radius 3 is 2.90 bits per heavy atom.